The van der Waals surface area contributed by atoms with Crippen LogP contribution in [-0.2, 0) is 13.1 Å². The average Bonchev–Trinajstić information content (AvgIpc) is 2.57. The molecule has 0 amide bonds. The molecule has 1 aromatic carbocycles. The van der Waals surface area contributed by atoms with E-state index in [0.29, 0.717) is 0 Å². The fourth-order valence-electron chi connectivity index (χ4n) is 2.86. The van der Waals surface area contributed by atoms with Gasteiger partial charge in [-0.1, -0.05) is 24.3 Å². The van der Waals surface area contributed by atoms with E-state index in [0.717, 1.165) is 38.6 Å². The molecule has 2 heterocycles. The summed E-state index contributed by atoms with van der Waals surface area (Å²) in [7, 11) is 2.20. The van der Waals surface area contributed by atoms with Crippen molar-refractivity contribution in [1.29, 1.82) is 0 Å². The lowest BCUT2D eigenvalue weighted by Crippen LogP contribution is -2.43. The quantitative estimate of drug-likeness (QED) is 0.866. The number of rotatable bonds is 4. The summed E-state index contributed by atoms with van der Waals surface area (Å²) < 4.78 is 0. The molecule has 3 rings (SSSR count). The van der Waals surface area contributed by atoms with Gasteiger partial charge in [0.25, 0.3) is 0 Å². The Morgan fingerprint density at radius 3 is 2.50 bits per heavy atom. The molecule has 0 bridgehead atoms. The molecule has 5 heteroatoms. The van der Waals surface area contributed by atoms with Crippen molar-refractivity contribution in [3.63, 3.8) is 0 Å². The number of nitrogens with zero attached hydrogens (tertiary/aromatic N) is 3. The zero-order valence-electron chi connectivity index (χ0n) is 13.5. The van der Waals surface area contributed by atoms with Crippen LogP contribution < -0.4 is 10.6 Å². The second-order valence-corrected chi connectivity index (χ2v) is 6.26. The van der Waals surface area contributed by atoms with E-state index in [9.17, 15) is 0 Å². The number of likely N-dealkylation sites (N-methyl/N-ethyl adjacent to an activating group) is 1. The summed E-state index contributed by atoms with van der Waals surface area (Å²) in [6.45, 7) is 8.55. The standard InChI is InChI=1S/C17H27N5/c1-21-9-11-22(12-10-21)14-16-5-3-15(4-6-16)13-20-17-18-7-2-8-19-17/h3-6H,2,7-14H2,1H3,(H2,18,19,20). The third-order valence-corrected chi connectivity index (χ3v) is 4.38. The third kappa shape index (κ3) is 4.45. The summed E-state index contributed by atoms with van der Waals surface area (Å²) in [4.78, 5) is 9.36. The van der Waals surface area contributed by atoms with E-state index in [1.807, 2.05) is 0 Å². The van der Waals surface area contributed by atoms with Crippen LogP contribution in [0.3, 0.4) is 0 Å². The molecule has 22 heavy (non-hydrogen) atoms. The second kappa shape index (κ2) is 7.61. The van der Waals surface area contributed by atoms with Crippen LogP contribution in [0.1, 0.15) is 17.5 Å². The molecule has 0 aromatic heterocycles. The molecule has 1 saturated heterocycles. The van der Waals surface area contributed by atoms with Gasteiger partial charge in [0.15, 0.2) is 5.96 Å². The molecule has 5 nitrogen and oxygen atoms in total. The lowest BCUT2D eigenvalue weighted by atomic mass is 10.1. The van der Waals surface area contributed by atoms with Gasteiger partial charge in [0.1, 0.15) is 0 Å². The van der Waals surface area contributed by atoms with Crippen molar-refractivity contribution in [1.82, 2.24) is 20.4 Å². The van der Waals surface area contributed by atoms with E-state index in [4.69, 9.17) is 0 Å². The van der Waals surface area contributed by atoms with Gasteiger partial charge in [0.05, 0.1) is 0 Å². The third-order valence-electron chi connectivity index (χ3n) is 4.38. The molecule has 2 N–H and O–H groups in total. The number of nitrogens with one attached hydrogen (secondary N) is 2. The smallest absolute Gasteiger partial charge is 0.191 e. The van der Waals surface area contributed by atoms with Crippen LogP contribution in [0, 0.1) is 0 Å². The van der Waals surface area contributed by atoms with E-state index < -0.39 is 0 Å². The molecule has 0 atom stereocenters. The first-order chi connectivity index (χ1) is 10.8. The predicted octanol–water partition coefficient (Wildman–Crippen LogP) is 0.873. The van der Waals surface area contributed by atoms with Crippen molar-refractivity contribution in [2.75, 3.05) is 46.3 Å². The summed E-state index contributed by atoms with van der Waals surface area (Å²) >= 11 is 0. The average molecular weight is 301 g/mol. The van der Waals surface area contributed by atoms with E-state index in [1.165, 1.54) is 37.3 Å². The van der Waals surface area contributed by atoms with Crippen LogP contribution in [0.25, 0.3) is 0 Å². The summed E-state index contributed by atoms with van der Waals surface area (Å²) in [6, 6.07) is 8.96. The first kappa shape index (κ1) is 15.3. The zero-order valence-corrected chi connectivity index (χ0v) is 13.5. The number of hydrogen-bond acceptors (Lipinski definition) is 5. The number of piperazine rings is 1. The minimum absolute atomic E-state index is 0.834. The monoisotopic (exact) mass is 301 g/mol. The Morgan fingerprint density at radius 1 is 1.09 bits per heavy atom. The van der Waals surface area contributed by atoms with E-state index in [1.54, 1.807) is 0 Å². The molecular weight excluding hydrogens is 274 g/mol. The van der Waals surface area contributed by atoms with Crippen LogP contribution >= 0.6 is 0 Å². The number of aliphatic imine (C=N–C) groups is 1. The van der Waals surface area contributed by atoms with Crippen molar-refractivity contribution < 1.29 is 0 Å². The maximum Gasteiger partial charge on any atom is 0.191 e. The van der Waals surface area contributed by atoms with Crippen LogP contribution in [0.2, 0.25) is 0 Å². The molecular formula is C17H27N5. The topological polar surface area (TPSA) is 42.9 Å². The van der Waals surface area contributed by atoms with Crippen molar-refractivity contribution in [3.05, 3.63) is 35.4 Å². The molecule has 1 aromatic rings. The predicted molar refractivity (Wildman–Crippen MR) is 91.0 cm³/mol. The van der Waals surface area contributed by atoms with E-state index in [2.05, 4.69) is 56.7 Å². The summed E-state index contributed by atoms with van der Waals surface area (Å²) in [5.74, 6) is 0.938. The van der Waals surface area contributed by atoms with Gasteiger partial charge >= 0.3 is 0 Å². The van der Waals surface area contributed by atoms with Gasteiger partial charge in [-0.15, -0.1) is 0 Å². The molecule has 2 aliphatic rings. The fourth-order valence-corrected chi connectivity index (χ4v) is 2.86. The molecule has 0 unspecified atom stereocenters. The molecule has 0 aliphatic carbocycles. The highest BCUT2D eigenvalue weighted by Crippen LogP contribution is 2.09. The van der Waals surface area contributed by atoms with E-state index in [-0.39, 0.29) is 0 Å². The van der Waals surface area contributed by atoms with Crippen molar-refractivity contribution >= 4 is 5.96 Å². The normalized spacial score (nSPS) is 20.3. The number of guanidine groups is 1. The van der Waals surface area contributed by atoms with Crippen LogP contribution in [-0.4, -0.2) is 62.1 Å². The maximum atomic E-state index is 4.43. The summed E-state index contributed by atoms with van der Waals surface area (Å²) in [5, 5.41) is 6.65. The molecule has 2 aliphatic heterocycles. The van der Waals surface area contributed by atoms with Gasteiger partial charge in [-0.3, -0.25) is 9.89 Å². The Labute approximate surface area is 133 Å². The van der Waals surface area contributed by atoms with Gasteiger partial charge in [-0.25, -0.2) is 0 Å². The maximum absolute atomic E-state index is 4.43. The second-order valence-electron chi connectivity index (χ2n) is 6.26. The summed E-state index contributed by atoms with van der Waals surface area (Å²) in [6.07, 6.45) is 1.13. The highest BCUT2D eigenvalue weighted by atomic mass is 15.2. The van der Waals surface area contributed by atoms with Gasteiger partial charge in [0, 0.05) is 52.4 Å². The van der Waals surface area contributed by atoms with Gasteiger partial charge in [0.2, 0.25) is 0 Å². The van der Waals surface area contributed by atoms with Crippen molar-refractivity contribution in [2.24, 2.45) is 4.99 Å². The molecule has 0 radical (unpaired) electrons. The molecule has 0 spiro atoms. The highest BCUT2D eigenvalue weighted by Gasteiger charge is 2.13. The van der Waals surface area contributed by atoms with Crippen molar-refractivity contribution in [2.45, 2.75) is 19.5 Å². The lowest BCUT2D eigenvalue weighted by molar-refractivity contribution is 0.148. The van der Waals surface area contributed by atoms with Gasteiger partial charge in [-0.05, 0) is 24.6 Å². The number of hydrogen-bond donors (Lipinski definition) is 2. The summed E-state index contributed by atoms with van der Waals surface area (Å²) in [5.41, 5.74) is 2.71. The minimum Gasteiger partial charge on any atom is -0.356 e. The first-order valence-electron chi connectivity index (χ1n) is 8.30. The van der Waals surface area contributed by atoms with Crippen molar-refractivity contribution in [3.8, 4) is 0 Å². The highest BCUT2D eigenvalue weighted by molar-refractivity contribution is 5.80. The lowest BCUT2D eigenvalue weighted by Gasteiger charge is -2.32. The van der Waals surface area contributed by atoms with E-state index >= 15 is 0 Å². The minimum atomic E-state index is 0.834. The molecule has 1 fully saturated rings. The molecule has 0 saturated carbocycles. The van der Waals surface area contributed by atoms with Gasteiger partial charge in [-0.2, -0.15) is 0 Å². The first-order valence-corrected chi connectivity index (χ1v) is 8.30. The van der Waals surface area contributed by atoms with Crippen LogP contribution in [0.4, 0.5) is 0 Å². The fraction of sp³-hybridized carbons (Fsp3) is 0.588. The Hall–Kier alpha value is -1.59. The Kier molecular flexibility index (Phi) is 5.29. The Bertz CT molecular complexity index is 488. The zero-order chi connectivity index (χ0) is 15.2. The SMILES string of the molecule is CN1CCN(Cc2ccc(CNC3=NCCCN3)cc2)CC1. The van der Waals surface area contributed by atoms with Crippen LogP contribution in [0.5, 0.6) is 0 Å². The number of benzene rings is 1. The Balaban J connectivity index is 1.46. The Morgan fingerprint density at radius 2 is 1.82 bits per heavy atom. The largest absolute Gasteiger partial charge is 0.356 e. The van der Waals surface area contributed by atoms with Crippen LogP contribution in [0.15, 0.2) is 29.3 Å². The van der Waals surface area contributed by atoms with Gasteiger partial charge < -0.3 is 15.5 Å². The molecule has 120 valence electrons.